The monoisotopic (exact) mass is 585 g/mol. The number of methoxy groups -OCH3 is 2. The largest absolute Gasteiger partial charge is 0.493 e. The zero-order chi connectivity index (χ0) is 25.9. The van der Waals surface area contributed by atoms with Gasteiger partial charge in [-0.05, 0) is 131 Å². The van der Waals surface area contributed by atoms with E-state index >= 15 is 0 Å². The van der Waals surface area contributed by atoms with E-state index in [1.807, 2.05) is 0 Å². The van der Waals surface area contributed by atoms with E-state index in [9.17, 15) is 0 Å². The smallest absolute Gasteiger partial charge is 0.161 e. The van der Waals surface area contributed by atoms with Crippen molar-refractivity contribution in [1.29, 1.82) is 0 Å². The number of anilines is 1. The van der Waals surface area contributed by atoms with Crippen LogP contribution >= 0.6 is 24.8 Å². The first kappa shape index (κ1) is 30.7. The van der Waals surface area contributed by atoms with Crippen LogP contribution in [0.4, 0.5) is 5.69 Å². The summed E-state index contributed by atoms with van der Waals surface area (Å²) in [6.45, 7) is 4.73. The number of aromatic nitrogens is 1. The number of hydrogen-bond donors (Lipinski definition) is 1. The minimum absolute atomic E-state index is 0. The summed E-state index contributed by atoms with van der Waals surface area (Å²) in [5.74, 6) is 3.37. The van der Waals surface area contributed by atoms with Crippen molar-refractivity contribution in [3.05, 3.63) is 58.8 Å². The standard InChI is InChI=1S/C33H43N3O2.2ClH/c1-37-31-21-25-19-24(20-26(25)22-32(31)38-2)18-23-12-16-36(17-13-23)15-7-14-34-33-27-8-3-5-10-29(27)35-30-11-6-4-9-28(30)33;;/h3,5,8,10,21-24H,4,6-7,9,11-20H2,1-2H3,(H,34,35);2*1H. The Bertz CT molecular complexity index is 1240. The molecule has 2 aromatic carbocycles. The molecule has 2 aliphatic carbocycles. The summed E-state index contributed by atoms with van der Waals surface area (Å²) in [6, 6.07) is 13.1. The molecule has 7 heteroatoms. The molecule has 1 N–H and O–H groups in total. The molecule has 0 amide bonds. The number of benzene rings is 2. The Balaban J connectivity index is 0.00000185. The molecule has 6 rings (SSSR count). The number of ether oxygens (including phenoxy) is 2. The van der Waals surface area contributed by atoms with E-state index in [2.05, 4.69) is 46.6 Å². The van der Waals surface area contributed by atoms with Gasteiger partial charge in [-0.15, -0.1) is 24.8 Å². The van der Waals surface area contributed by atoms with Gasteiger partial charge in [0.25, 0.3) is 0 Å². The second-order valence-electron chi connectivity index (χ2n) is 11.7. The van der Waals surface area contributed by atoms with Crippen molar-refractivity contribution < 1.29 is 9.47 Å². The van der Waals surface area contributed by atoms with Crippen LogP contribution in [0.2, 0.25) is 0 Å². The topological polar surface area (TPSA) is 46.6 Å². The Hall–Kier alpha value is -2.21. The van der Waals surface area contributed by atoms with E-state index in [0.29, 0.717) is 0 Å². The van der Waals surface area contributed by atoms with Gasteiger partial charge in [-0.3, -0.25) is 4.98 Å². The highest BCUT2D eigenvalue weighted by Gasteiger charge is 2.28. The Kier molecular flexibility index (Phi) is 10.8. The lowest BCUT2D eigenvalue weighted by atomic mass is 9.86. The molecule has 1 saturated heterocycles. The number of nitrogens with zero attached hydrogens (tertiary/aromatic N) is 2. The number of hydrogen-bond acceptors (Lipinski definition) is 5. The maximum absolute atomic E-state index is 5.53. The third kappa shape index (κ3) is 6.64. The normalized spacial score (nSPS) is 17.4. The molecule has 3 aromatic rings. The number of rotatable bonds is 9. The number of piperidine rings is 1. The fourth-order valence-corrected chi connectivity index (χ4v) is 7.21. The number of para-hydroxylation sites is 1. The van der Waals surface area contributed by atoms with E-state index in [-0.39, 0.29) is 24.8 Å². The second-order valence-corrected chi connectivity index (χ2v) is 11.7. The molecular weight excluding hydrogens is 541 g/mol. The van der Waals surface area contributed by atoms with Crippen molar-refractivity contribution >= 4 is 41.4 Å². The third-order valence-corrected chi connectivity index (χ3v) is 9.22. The van der Waals surface area contributed by atoms with Crippen LogP contribution < -0.4 is 14.8 Å². The summed E-state index contributed by atoms with van der Waals surface area (Å²) in [7, 11) is 3.46. The van der Waals surface area contributed by atoms with E-state index < -0.39 is 0 Å². The first-order valence-electron chi connectivity index (χ1n) is 14.8. The maximum Gasteiger partial charge on any atom is 0.161 e. The zero-order valence-electron chi connectivity index (χ0n) is 24.0. The highest BCUT2D eigenvalue weighted by atomic mass is 35.5. The molecule has 0 atom stereocenters. The predicted octanol–water partition coefficient (Wildman–Crippen LogP) is 7.29. The molecule has 0 bridgehead atoms. The maximum atomic E-state index is 5.53. The highest BCUT2D eigenvalue weighted by molar-refractivity contribution is 5.93. The van der Waals surface area contributed by atoms with Gasteiger partial charge in [0.2, 0.25) is 0 Å². The molecule has 5 nitrogen and oxygen atoms in total. The highest BCUT2D eigenvalue weighted by Crippen LogP contribution is 2.39. The van der Waals surface area contributed by atoms with Crippen LogP contribution in [0.3, 0.4) is 0 Å². The molecule has 0 unspecified atom stereocenters. The summed E-state index contributed by atoms with van der Waals surface area (Å²) in [4.78, 5) is 7.68. The summed E-state index contributed by atoms with van der Waals surface area (Å²) in [6.07, 6.45) is 12.5. The lowest BCUT2D eigenvalue weighted by Crippen LogP contribution is -2.35. The van der Waals surface area contributed by atoms with Gasteiger partial charge >= 0.3 is 0 Å². The molecule has 1 aromatic heterocycles. The Morgan fingerprint density at radius 2 is 1.57 bits per heavy atom. The lowest BCUT2D eigenvalue weighted by molar-refractivity contribution is 0.167. The van der Waals surface area contributed by atoms with Crippen LogP contribution in [0.25, 0.3) is 10.9 Å². The molecule has 1 fully saturated rings. The van der Waals surface area contributed by atoms with Gasteiger partial charge < -0.3 is 19.7 Å². The van der Waals surface area contributed by atoms with Crippen molar-refractivity contribution in [2.75, 3.05) is 45.7 Å². The van der Waals surface area contributed by atoms with Gasteiger partial charge in [-0.25, -0.2) is 0 Å². The van der Waals surface area contributed by atoms with Gasteiger partial charge in [0.15, 0.2) is 11.5 Å². The zero-order valence-corrected chi connectivity index (χ0v) is 25.7. The Morgan fingerprint density at radius 3 is 2.27 bits per heavy atom. The second kappa shape index (κ2) is 14.1. The van der Waals surface area contributed by atoms with Crippen LogP contribution in [-0.4, -0.2) is 50.3 Å². The lowest BCUT2D eigenvalue weighted by Gasteiger charge is -2.33. The molecular formula is C33H45Cl2N3O2. The summed E-state index contributed by atoms with van der Waals surface area (Å²) >= 11 is 0. The average molecular weight is 587 g/mol. The van der Waals surface area contributed by atoms with Gasteiger partial charge in [0.1, 0.15) is 0 Å². The SMILES string of the molecule is COc1cc2c(cc1OC)CC(CC1CCN(CCCNc3c4c(nc5ccccc35)CCCC4)CC1)C2.Cl.Cl. The molecule has 40 heavy (non-hydrogen) atoms. The molecule has 0 saturated carbocycles. The number of nitrogens with one attached hydrogen (secondary N) is 1. The van der Waals surface area contributed by atoms with Crippen LogP contribution in [0, 0.1) is 11.8 Å². The number of halogens is 2. The summed E-state index contributed by atoms with van der Waals surface area (Å²) in [5.41, 5.74) is 8.21. The quantitative estimate of drug-likeness (QED) is 0.267. The average Bonchev–Trinajstić information content (AvgIpc) is 3.35. The minimum atomic E-state index is 0. The van der Waals surface area contributed by atoms with Crippen molar-refractivity contribution in [1.82, 2.24) is 9.88 Å². The van der Waals surface area contributed by atoms with Crippen molar-refractivity contribution in [2.24, 2.45) is 11.8 Å². The van der Waals surface area contributed by atoms with Gasteiger partial charge in [-0.1, -0.05) is 18.2 Å². The fourth-order valence-electron chi connectivity index (χ4n) is 7.21. The predicted molar refractivity (Wildman–Crippen MR) is 170 cm³/mol. The third-order valence-electron chi connectivity index (χ3n) is 9.22. The minimum Gasteiger partial charge on any atom is -0.493 e. The van der Waals surface area contributed by atoms with Crippen molar-refractivity contribution in [3.63, 3.8) is 0 Å². The van der Waals surface area contributed by atoms with E-state index in [1.54, 1.807) is 14.2 Å². The number of likely N-dealkylation sites (tertiary alicyclic amines) is 1. The summed E-state index contributed by atoms with van der Waals surface area (Å²) in [5, 5.41) is 5.14. The Morgan fingerprint density at radius 1 is 0.900 bits per heavy atom. The fraction of sp³-hybridized carbons (Fsp3) is 0.545. The van der Waals surface area contributed by atoms with Crippen LogP contribution in [0.5, 0.6) is 11.5 Å². The molecule has 1 aliphatic heterocycles. The van der Waals surface area contributed by atoms with Gasteiger partial charge in [0.05, 0.1) is 19.7 Å². The molecule has 3 aliphatic rings. The van der Waals surface area contributed by atoms with Gasteiger partial charge in [-0.2, -0.15) is 0 Å². The summed E-state index contributed by atoms with van der Waals surface area (Å²) < 4.78 is 11.1. The van der Waals surface area contributed by atoms with Crippen molar-refractivity contribution in [3.8, 4) is 11.5 Å². The van der Waals surface area contributed by atoms with Crippen LogP contribution in [-0.2, 0) is 25.7 Å². The molecule has 2 heterocycles. The number of fused-ring (bicyclic) bond motifs is 3. The first-order chi connectivity index (χ1) is 18.7. The van der Waals surface area contributed by atoms with Gasteiger partial charge in [0, 0.05) is 23.3 Å². The van der Waals surface area contributed by atoms with Crippen molar-refractivity contribution in [2.45, 2.75) is 64.2 Å². The van der Waals surface area contributed by atoms with E-state index in [1.165, 1.54) is 104 Å². The molecule has 0 radical (unpaired) electrons. The van der Waals surface area contributed by atoms with E-state index in [4.69, 9.17) is 14.5 Å². The van der Waals surface area contributed by atoms with E-state index in [0.717, 1.165) is 48.2 Å². The van der Waals surface area contributed by atoms with Crippen LogP contribution in [0.1, 0.15) is 60.9 Å². The Labute approximate surface area is 252 Å². The molecule has 0 spiro atoms. The number of aryl methyl sites for hydroxylation is 1. The number of pyridine rings is 1. The molecule has 218 valence electrons. The first-order valence-corrected chi connectivity index (χ1v) is 14.8. The van der Waals surface area contributed by atoms with Crippen LogP contribution in [0.15, 0.2) is 36.4 Å².